The van der Waals surface area contributed by atoms with Gasteiger partial charge in [-0.05, 0) is 45.9 Å². The van der Waals surface area contributed by atoms with Gasteiger partial charge in [-0.25, -0.2) is 0 Å². The molecule has 0 radical (unpaired) electrons. The van der Waals surface area contributed by atoms with E-state index in [1.54, 1.807) is 0 Å². The fraction of sp³-hybridized carbons (Fsp3) is 1.00. The van der Waals surface area contributed by atoms with Gasteiger partial charge in [0.1, 0.15) is 0 Å². The Labute approximate surface area is 115 Å². The van der Waals surface area contributed by atoms with Crippen LogP contribution in [0.5, 0.6) is 0 Å². The molecule has 3 nitrogen and oxygen atoms in total. The third-order valence-electron chi connectivity index (χ3n) is 3.32. The maximum atomic E-state index is 3.55. The maximum absolute atomic E-state index is 3.55. The normalized spacial score (nSPS) is 14.5. The topological polar surface area (TPSA) is 18.5 Å². The van der Waals surface area contributed by atoms with E-state index in [-0.39, 0.29) is 0 Å². The number of hydrogen-bond donors (Lipinski definition) is 1. The van der Waals surface area contributed by atoms with E-state index in [0.717, 1.165) is 32.7 Å². The van der Waals surface area contributed by atoms with Crippen molar-refractivity contribution in [3.8, 4) is 0 Å². The van der Waals surface area contributed by atoms with Crippen LogP contribution in [0.3, 0.4) is 0 Å². The molecule has 0 aromatic carbocycles. The number of nitrogens with one attached hydrogen (secondary N) is 1. The highest BCUT2D eigenvalue weighted by molar-refractivity contribution is 4.79. The molecule has 0 bridgehead atoms. The fourth-order valence-corrected chi connectivity index (χ4v) is 2.43. The van der Waals surface area contributed by atoms with Crippen LogP contribution in [0.15, 0.2) is 0 Å². The minimum absolute atomic E-state index is 0.339. The van der Waals surface area contributed by atoms with Gasteiger partial charge in [0.15, 0.2) is 0 Å². The van der Waals surface area contributed by atoms with Crippen LogP contribution in [-0.4, -0.2) is 62.7 Å². The highest BCUT2D eigenvalue weighted by atomic mass is 15.2. The van der Waals surface area contributed by atoms with Gasteiger partial charge in [0, 0.05) is 25.7 Å². The van der Waals surface area contributed by atoms with Gasteiger partial charge < -0.3 is 10.2 Å². The van der Waals surface area contributed by atoms with E-state index in [4.69, 9.17) is 0 Å². The van der Waals surface area contributed by atoms with Gasteiger partial charge in [0.25, 0.3) is 0 Å². The molecule has 110 valence electrons. The van der Waals surface area contributed by atoms with Gasteiger partial charge >= 0.3 is 0 Å². The van der Waals surface area contributed by atoms with Crippen LogP contribution in [0.1, 0.15) is 41.0 Å². The van der Waals surface area contributed by atoms with Crippen molar-refractivity contribution in [3.63, 3.8) is 0 Å². The lowest BCUT2D eigenvalue weighted by Gasteiger charge is -2.37. The Hall–Kier alpha value is -0.120. The lowest BCUT2D eigenvalue weighted by atomic mass is 9.92. The molecule has 0 saturated carbocycles. The van der Waals surface area contributed by atoms with E-state index in [1.165, 1.54) is 6.42 Å². The van der Waals surface area contributed by atoms with Crippen molar-refractivity contribution in [3.05, 3.63) is 0 Å². The Morgan fingerprint density at radius 1 is 1.17 bits per heavy atom. The van der Waals surface area contributed by atoms with Crippen LogP contribution in [0.25, 0.3) is 0 Å². The van der Waals surface area contributed by atoms with Gasteiger partial charge in [0.05, 0.1) is 0 Å². The zero-order valence-electron chi connectivity index (χ0n) is 13.7. The number of nitrogens with zero attached hydrogens (tertiary/aromatic N) is 2. The Morgan fingerprint density at radius 2 is 1.78 bits per heavy atom. The first-order valence-corrected chi connectivity index (χ1v) is 7.42. The molecule has 0 heterocycles. The van der Waals surface area contributed by atoms with E-state index in [0.29, 0.717) is 11.5 Å². The summed E-state index contributed by atoms with van der Waals surface area (Å²) < 4.78 is 0. The molecule has 3 heteroatoms. The fourth-order valence-electron chi connectivity index (χ4n) is 2.43. The van der Waals surface area contributed by atoms with Crippen molar-refractivity contribution >= 4 is 0 Å². The van der Waals surface area contributed by atoms with Crippen molar-refractivity contribution in [2.75, 3.05) is 46.8 Å². The molecule has 0 saturated heterocycles. The molecule has 1 atom stereocenters. The Morgan fingerprint density at radius 3 is 2.22 bits per heavy atom. The minimum atomic E-state index is 0.339. The number of rotatable bonds is 10. The molecule has 0 aliphatic rings. The summed E-state index contributed by atoms with van der Waals surface area (Å²) in [5.41, 5.74) is 0.339. The van der Waals surface area contributed by atoms with Crippen molar-refractivity contribution in [1.29, 1.82) is 0 Å². The summed E-state index contributed by atoms with van der Waals surface area (Å²) >= 11 is 0. The predicted octanol–water partition coefficient (Wildman–Crippen LogP) is 2.28. The third kappa shape index (κ3) is 8.06. The third-order valence-corrected chi connectivity index (χ3v) is 3.32. The summed E-state index contributed by atoms with van der Waals surface area (Å²) in [5, 5.41) is 3.55. The zero-order chi connectivity index (χ0) is 14.2. The van der Waals surface area contributed by atoms with E-state index < -0.39 is 0 Å². The number of likely N-dealkylation sites (N-methyl/N-ethyl adjacent to an activating group) is 2. The maximum Gasteiger partial charge on any atom is 0.0194 e. The van der Waals surface area contributed by atoms with Crippen LogP contribution in [0, 0.1) is 5.41 Å². The molecule has 1 N–H and O–H groups in total. The Bertz CT molecular complexity index is 202. The largest absolute Gasteiger partial charge is 0.316 e. The quantitative estimate of drug-likeness (QED) is 0.606. The molecule has 0 aromatic heterocycles. The molecule has 0 spiro atoms. The first kappa shape index (κ1) is 17.9. The van der Waals surface area contributed by atoms with Crippen molar-refractivity contribution < 1.29 is 0 Å². The second-order valence-electron chi connectivity index (χ2n) is 6.52. The van der Waals surface area contributed by atoms with Crippen molar-refractivity contribution in [2.45, 2.75) is 47.1 Å². The van der Waals surface area contributed by atoms with E-state index in [2.05, 4.69) is 63.8 Å². The molecule has 0 aliphatic carbocycles. The molecule has 18 heavy (non-hydrogen) atoms. The molecule has 0 aliphatic heterocycles. The van der Waals surface area contributed by atoms with E-state index in [1.807, 2.05) is 0 Å². The predicted molar refractivity (Wildman–Crippen MR) is 82.2 cm³/mol. The SMILES string of the molecule is CCCNCC(C)(C)CN(CC)C(C)CN(C)C. The smallest absolute Gasteiger partial charge is 0.0194 e. The van der Waals surface area contributed by atoms with Gasteiger partial charge in [-0.1, -0.05) is 27.7 Å². The lowest BCUT2D eigenvalue weighted by Crippen LogP contribution is -2.47. The average molecular weight is 257 g/mol. The summed E-state index contributed by atoms with van der Waals surface area (Å²) in [4.78, 5) is 4.86. The molecule has 0 rings (SSSR count). The molecule has 0 aromatic rings. The molecule has 1 unspecified atom stereocenters. The molecule has 0 amide bonds. The monoisotopic (exact) mass is 257 g/mol. The summed E-state index contributed by atoms with van der Waals surface area (Å²) in [6.45, 7) is 17.2. The second-order valence-corrected chi connectivity index (χ2v) is 6.52. The highest BCUT2D eigenvalue weighted by Crippen LogP contribution is 2.17. The van der Waals surface area contributed by atoms with Crippen LogP contribution in [0.4, 0.5) is 0 Å². The Balaban J connectivity index is 4.23. The van der Waals surface area contributed by atoms with Crippen LogP contribution >= 0.6 is 0 Å². The van der Waals surface area contributed by atoms with Gasteiger partial charge in [-0.2, -0.15) is 0 Å². The van der Waals surface area contributed by atoms with Gasteiger partial charge in [-0.3, -0.25) is 4.90 Å². The van der Waals surface area contributed by atoms with Gasteiger partial charge in [-0.15, -0.1) is 0 Å². The van der Waals surface area contributed by atoms with Crippen LogP contribution in [0.2, 0.25) is 0 Å². The summed E-state index contributed by atoms with van der Waals surface area (Å²) in [7, 11) is 4.30. The zero-order valence-corrected chi connectivity index (χ0v) is 13.7. The first-order chi connectivity index (χ1) is 8.32. The van der Waals surface area contributed by atoms with E-state index in [9.17, 15) is 0 Å². The van der Waals surface area contributed by atoms with E-state index >= 15 is 0 Å². The second kappa shape index (κ2) is 8.89. The molecule has 0 fully saturated rings. The van der Waals surface area contributed by atoms with Crippen molar-refractivity contribution in [1.82, 2.24) is 15.1 Å². The summed E-state index contributed by atoms with van der Waals surface area (Å²) in [6, 6.07) is 0.621. The highest BCUT2D eigenvalue weighted by Gasteiger charge is 2.23. The molecular weight excluding hydrogens is 222 g/mol. The Kier molecular flexibility index (Phi) is 8.83. The average Bonchev–Trinajstić information content (AvgIpc) is 2.25. The number of hydrogen-bond acceptors (Lipinski definition) is 3. The summed E-state index contributed by atoms with van der Waals surface area (Å²) in [5.74, 6) is 0. The lowest BCUT2D eigenvalue weighted by molar-refractivity contribution is 0.123. The van der Waals surface area contributed by atoms with Crippen LogP contribution in [-0.2, 0) is 0 Å². The van der Waals surface area contributed by atoms with Crippen LogP contribution < -0.4 is 5.32 Å². The standard InChI is InChI=1S/C15H35N3/c1-8-10-16-12-15(4,5)13-18(9-2)14(3)11-17(6)7/h14,16H,8-13H2,1-7H3. The summed E-state index contributed by atoms with van der Waals surface area (Å²) in [6.07, 6.45) is 1.21. The van der Waals surface area contributed by atoms with Crippen molar-refractivity contribution in [2.24, 2.45) is 5.41 Å². The van der Waals surface area contributed by atoms with Gasteiger partial charge in [0.2, 0.25) is 0 Å². The first-order valence-electron chi connectivity index (χ1n) is 7.42. The molecular formula is C15H35N3. The minimum Gasteiger partial charge on any atom is -0.316 e.